The maximum absolute atomic E-state index is 12.9. The molecule has 0 N–H and O–H groups in total. The number of carbonyl (C=O) groups is 4. The number of hydrogen-bond acceptors (Lipinski definition) is 9. The summed E-state index contributed by atoms with van der Waals surface area (Å²) in [6, 6.07) is 25.0. The molecule has 0 aromatic heterocycles. The molecule has 4 atom stereocenters. The molecule has 3 aromatic carbocycles. The van der Waals surface area contributed by atoms with Crippen LogP contribution < -0.4 is 0 Å². The van der Waals surface area contributed by atoms with Crippen LogP contribution in [0.5, 0.6) is 0 Å². The van der Waals surface area contributed by atoms with Gasteiger partial charge >= 0.3 is 23.9 Å². The number of hydrogen-bond donors (Lipinski definition) is 0. The van der Waals surface area contributed by atoms with Crippen LogP contribution >= 0.6 is 11.8 Å². The van der Waals surface area contributed by atoms with Gasteiger partial charge in [-0.2, -0.15) is 0 Å². The minimum atomic E-state index is -1.14. The first-order valence-electron chi connectivity index (χ1n) is 11.5. The highest BCUT2D eigenvalue weighted by Crippen LogP contribution is 2.40. The number of carbonyl (C=O) groups excluding carboxylic acids is 4. The largest absolute Gasteiger partial charge is 0.461 e. The molecule has 37 heavy (non-hydrogen) atoms. The summed E-state index contributed by atoms with van der Waals surface area (Å²) < 4.78 is 22.4. The molecule has 190 valence electrons. The predicted molar refractivity (Wildman–Crippen MR) is 135 cm³/mol. The predicted octanol–water partition coefficient (Wildman–Crippen LogP) is 4.30. The number of esters is 4. The van der Waals surface area contributed by atoms with E-state index < -0.39 is 46.8 Å². The highest BCUT2D eigenvalue weighted by molar-refractivity contribution is 8.00. The van der Waals surface area contributed by atoms with Crippen molar-refractivity contribution in [3.05, 3.63) is 108 Å². The molecule has 8 nitrogen and oxygen atoms in total. The highest BCUT2D eigenvalue weighted by Gasteiger charge is 2.51. The van der Waals surface area contributed by atoms with E-state index in [0.717, 1.165) is 11.8 Å². The molecule has 3 aromatic rings. The molecule has 1 aliphatic rings. The van der Waals surface area contributed by atoms with Gasteiger partial charge in [0.1, 0.15) is 6.61 Å². The van der Waals surface area contributed by atoms with Gasteiger partial charge in [0.15, 0.2) is 17.6 Å². The second-order valence-corrected chi connectivity index (χ2v) is 9.43. The average molecular weight is 521 g/mol. The minimum absolute atomic E-state index is 0.178. The molecule has 1 aliphatic heterocycles. The monoisotopic (exact) mass is 520 g/mol. The van der Waals surface area contributed by atoms with Gasteiger partial charge in [0.05, 0.1) is 21.9 Å². The summed E-state index contributed by atoms with van der Waals surface area (Å²) in [5, 5.41) is -0.682. The first-order valence-corrected chi connectivity index (χ1v) is 12.4. The zero-order chi connectivity index (χ0) is 26.2. The van der Waals surface area contributed by atoms with Crippen molar-refractivity contribution in [3.8, 4) is 0 Å². The summed E-state index contributed by atoms with van der Waals surface area (Å²) in [5.41, 5.74) is -0.0659. The van der Waals surface area contributed by atoms with Gasteiger partial charge in [0.2, 0.25) is 0 Å². The topological polar surface area (TPSA) is 105 Å². The van der Waals surface area contributed by atoms with Gasteiger partial charge in [-0.25, -0.2) is 14.4 Å². The van der Waals surface area contributed by atoms with E-state index in [1.807, 2.05) is 0 Å². The highest BCUT2D eigenvalue weighted by atomic mass is 32.2. The van der Waals surface area contributed by atoms with Gasteiger partial charge in [-0.05, 0) is 36.4 Å². The van der Waals surface area contributed by atoms with Crippen LogP contribution in [0.25, 0.3) is 0 Å². The molecule has 0 bridgehead atoms. The van der Waals surface area contributed by atoms with Crippen molar-refractivity contribution in [2.75, 3.05) is 6.61 Å². The fourth-order valence-corrected chi connectivity index (χ4v) is 5.11. The van der Waals surface area contributed by atoms with E-state index in [0.29, 0.717) is 5.56 Å². The van der Waals surface area contributed by atoms with Crippen LogP contribution in [0.4, 0.5) is 0 Å². The third kappa shape index (κ3) is 6.77. The zero-order valence-electron chi connectivity index (χ0n) is 19.9. The van der Waals surface area contributed by atoms with Crippen LogP contribution in [-0.4, -0.2) is 53.4 Å². The molecule has 1 heterocycles. The van der Waals surface area contributed by atoms with Crippen molar-refractivity contribution in [1.29, 1.82) is 0 Å². The maximum Gasteiger partial charge on any atom is 0.338 e. The van der Waals surface area contributed by atoms with E-state index in [4.69, 9.17) is 18.9 Å². The Hall–Kier alpha value is -4.11. The number of ether oxygens (including phenoxy) is 4. The summed E-state index contributed by atoms with van der Waals surface area (Å²) in [6.45, 7) is 1.05. The summed E-state index contributed by atoms with van der Waals surface area (Å²) in [4.78, 5) is 50.2. The van der Waals surface area contributed by atoms with E-state index in [-0.39, 0.29) is 17.7 Å². The second-order valence-electron chi connectivity index (χ2n) is 8.09. The van der Waals surface area contributed by atoms with Gasteiger partial charge in [0.25, 0.3) is 0 Å². The molecule has 0 aliphatic carbocycles. The van der Waals surface area contributed by atoms with Crippen LogP contribution in [0.2, 0.25) is 0 Å². The Morgan fingerprint density at radius 3 is 1.51 bits per heavy atom. The van der Waals surface area contributed by atoms with Crippen molar-refractivity contribution in [3.63, 3.8) is 0 Å². The minimum Gasteiger partial charge on any atom is -0.461 e. The molecule has 0 spiro atoms. The zero-order valence-corrected chi connectivity index (χ0v) is 20.7. The number of benzene rings is 3. The van der Waals surface area contributed by atoms with E-state index in [9.17, 15) is 19.2 Å². The Balaban J connectivity index is 1.58. The molecule has 4 rings (SSSR count). The Labute approximate surface area is 217 Å². The Bertz CT molecular complexity index is 1230. The molecule has 9 heteroatoms. The second kappa shape index (κ2) is 12.2. The number of rotatable bonds is 8. The fourth-order valence-electron chi connectivity index (χ4n) is 3.70. The quantitative estimate of drug-likeness (QED) is 0.317. The van der Waals surface area contributed by atoms with Gasteiger partial charge in [0, 0.05) is 6.92 Å². The Morgan fingerprint density at radius 2 is 1.05 bits per heavy atom. The first kappa shape index (κ1) is 26.0. The molecule has 1 fully saturated rings. The molecular formula is C28H24O8S. The summed E-state index contributed by atoms with van der Waals surface area (Å²) in [6.07, 6.45) is -2.21. The third-order valence-electron chi connectivity index (χ3n) is 5.44. The molecule has 1 unspecified atom stereocenters. The van der Waals surface area contributed by atoms with Gasteiger partial charge in [-0.3, -0.25) is 4.79 Å². The van der Waals surface area contributed by atoms with E-state index in [1.165, 1.54) is 6.92 Å². The molecule has 0 amide bonds. The lowest BCUT2D eigenvalue weighted by Crippen LogP contribution is -2.42. The third-order valence-corrected chi connectivity index (χ3v) is 6.83. The van der Waals surface area contributed by atoms with E-state index in [1.54, 1.807) is 91.0 Å². The molecule has 1 saturated heterocycles. The van der Waals surface area contributed by atoms with Crippen LogP contribution in [0.1, 0.15) is 38.0 Å². The van der Waals surface area contributed by atoms with Gasteiger partial charge < -0.3 is 18.9 Å². The van der Waals surface area contributed by atoms with Crippen LogP contribution in [-0.2, 0) is 23.7 Å². The van der Waals surface area contributed by atoms with Crippen molar-refractivity contribution in [2.45, 2.75) is 29.8 Å². The fraction of sp³-hybridized carbons (Fsp3) is 0.214. The van der Waals surface area contributed by atoms with Crippen molar-refractivity contribution < 1.29 is 38.1 Å². The van der Waals surface area contributed by atoms with Crippen molar-refractivity contribution >= 4 is 35.6 Å². The first-order chi connectivity index (χ1) is 17.9. The molecule has 0 radical (unpaired) electrons. The Morgan fingerprint density at radius 1 is 0.622 bits per heavy atom. The van der Waals surface area contributed by atoms with E-state index in [2.05, 4.69) is 0 Å². The summed E-state index contributed by atoms with van der Waals surface area (Å²) >= 11 is 1.09. The van der Waals surface area contributed by atoms with Crippen molar-refractivity contribution in [2.24, 2.45) is 0 Å². The standard InChI is InChI=1S/C28H24O8S/c1-18(29)34-28-24(36-27(32)21-15-9-4-10-16-21)23(35-26(31)20-13-7-3-8-14-20)22(37-28)17-33-25(30)19-11-5-2-6-12-19/h2-16,22-24,28H,17H2,1H3/t22-,23-,24-,28?/m0/s1. The van der Waals surface area contributed by atoms with E-state index >= 15 is 0 Å². The van der Waals surface area contributed by atoms with Crippen LogP contribution in [0.3, 0.4) is 0 Å². The summed E-state index contributed by atoms with van der Waals surface area (Å²) in [7, 11) is 0. The molecular weight excluding hydrogens is 496 g/mol. The van der Waals surface area contributed by atoms with Crippen LogP contribution in [0.15, 0.2) is 91.0 Å². The average Bonchev–Trinajstić information content (AvgIpc) is 3.23. The number of thioether (sulfide) groups is 1. The maximum atomic E-state index is 12.9. The smallest absolute Gasteiger partial charge is 0.338 e. The summed E-state index contributed by atoms with van der Waals surface area (Å²) in [5.74, 6) is -2.50. The lowest BCUT2D eigenvalue weighted by atomic mass is 10.1. The molecule has 0 saturated carbocycles. The van der Waals surface area contributed by atoms with Gasteiger partial charge in [-0.1, -0.05) is 54.6 Å². The SMILES string of the molecule is CC(=O)OC1S[C@@H](COC(=O)c2ccccc2)[C@H](OC(=O)c2ccccc2)[C@@H]1OC(=O)c1ccccc1. The lowest BCUT2D eigenvalue weighted by molar-refractivity contribution is -0.148. The lowest BCUT2D eigenvalue weighted by Gasteiger charge is -2.25. The normalized spacial score (nSPS) is 20.5. The van der Waals surface area contributed by atoms with Crippen LogP contribution in [0, 0.1) is 0 Å². The van der Waals surface area contributed by atoms with Crippen molar-refractivity contribution in [1.82, 2.24) is 0 Å². The Kier molecular flexibility index (Phi) is 8.58. The van der Waals surface area contributed by atoms with Gasteiger partial charge in [-0.15, -0.1) is 11.8 Å².